The van der Waals surface area contributed by atoms with Gasteiger partial charge in [-0.25, -0.2) is 8.78 Å². The van der Waals surface area contributed by atoms with Gasteiger partial charge in [0.05, 0.1) is 0 Å². The molecular weight excluding hydrogens is 222 g/mol. The number of hydrogen-bond donors (Lipinski definition) is 0. The standard InChI is InChI=1S/C14H14F2O/c15-12-2-1-8(13(16)7-12)6-14(17)11-4-9-3-10(9)5-11/h1-2,7,9-11H,3-6H2. The minimum Gasteiger partial charge on any atom is -0.299 e. The molecule has 0 aromatic heterocycles. The van der Waals surface area contributed by atoms with Crippen molar-refractivity contribution in [2.75, 3.05) is 0 Å². The van der Waals surface area contributed by atoms with Crippen molar-refractivity contribution in [3.8, 4) is 0 Å². The lowest BCUT2D eigenvalue weighted by molar-refractivity contribution is -0.122. The maximum atomic E-state index is 13.4. The molecule has 2 atom stereocenters. The molecule has 0 N–H and O–H groups in total. The van der Waals surface area contributed by atoms with E-state index >= 15 is 0 Å². The number of carbonyl (C=O) groups is 1. The lowest BCUT2D eigenvalue weighted by atomic mass is 9.93. The Labute approximate surface area is 98.8 Å². The van der Waals surface area contributed by atoms with Gasteiger partial charge in [0.2, 0.25) is 0 Å². The lowest BCUT2D eigenvalue weighted by Crippen LogP contribution is -2.16. The zero-order chi connectivity index (χ0) is 12.0. The van der Waals surface area contributed by atoms with Gasteiger partial charge in [0.1, 0.15) is 17.4 Å². The van der Waals surface area contributed by atoms with Crippen molar-refractivity contribution in [2.45, 2.75) is 25.7 Å². The third-order valence-corrected chi connectivity index (χ3v) is 4.08. The molecule has 0 radical (unpaired) electrons. The van der Waals surface area contributed by atoms with E-state index in [-0.39, 0.29) is 18.1 Å². The number of carbonyl (C=O) groups excluding carboxylic acids is 1. The Morgan fingerprint density at radius 2 is 1.88 bits per heavy atom. The van der Waals surface area contributed by atoms with Crippen molar-refractivity contribution in [1.82, 2.24) is 0 Å². The summed E-state index contributed by atoms with van der Waals surface area (Å²) >= 11 is 0. The molecule has 0 amide bonds. The first-order valence-electron chi connectivity index (χ1n) is 6.10. The van der Waals surface area contributed by atoms with E-state index in [9.17, 15) is 13.6 Å². The highest BCUT2D eigenvalue weighted by Crippen LogP contribution is 2.54. The number of rotatable bonds is 3. The van der Waals surface area contributed by atoms with Crippen LogP contribution >= 0.6 is 0 Å². The van der Waals surface area contributed by atoms with E-state index in [4.69, 9.17) is 0 Å². The van der Waals surface area contributed by atoms with Gasteiger partial charge in [0.15, 0.2) is 0 Å². The van der Waals surface area contributed by atoms with Crippen molar-refractivity contribution in [2.24, 2.45) is 17.8 Å². The summed E-state index contributed by atoms with van der Waals surface area (Å²) in [5.41, 5.74) is 0.317. The Balaban J connectivity index is 1.67. The summed E-state index contributed by atoms with van der Waals surface area (Å²) in [7, 11) is 0. The first kappa shape index (κ1) is 10.9. The Bertz CT molecular complexity index is 459. The molecule has 17 heavy (non-hydrogen) atoms. The van der Waals surface area contributed by atoms with Gasteiger partial charge < -0.3 is 0 Å². The van der Waals surface area contributed by atoms with Crippen LogP contribution in [0.3, 0.4) is 0 Å². The molecule has 0 spiro atoms. The fourth-order valence-electron chi connectivity index (χ4n) is 2.97. The van der Waals surface area contributed by atoms with E-state index in [1.165, 1.54) is 18.6 Å². The fraction of sp³-hybridized carbons (Fsp3) is 0.500. The lowest BCUT2D eigenvalue weighted by Gasteiger charge is -2.10. The third kappa shape index (κ3) is 2.11. The first-order chi connectivity index (χ1) is 8.13. The number of Topliss-reactive ketones (excluding diaryl/α,β-unsaturated/α-hetero) is 1. The summed E-state index contributed by atoms with van der Waals surface area (Å²) in [5.74, 6) is 0.525. The molecule has 2 aliphatic carbocycles. The molecule has 90 valence electrons. The highest BCUT2D eigenvalue weighted by atomic mass is 19.1. The van der Waals surface area contributed by atoms with Crippen LogP contribution in [0.25, 0.3) is 0 Å². The monoisotopic (exact) mass is 236 g/mol. The van der Waals surface area contributed by atoms with Crippen LogP contribution in [0.1, 0.15) is 24.8 Å². The van der Waals surface area contributed by atoms with Crippen molar-refractivity contribution in [3.63, 3.8) is 0 Å². The second kappa shape index (κ2) is 3.90. The molecule has 2 saturated carbocycles. The molecule has 2 aliphatic rings. The highest BCUT2D eigenvalue weighted by molar-refractivity contribution is 5.83. The Morgan fingerprint density at radius 3 is 2.53 bits per heavy atom. The summed E-state index contributed by atoms with van der Waals surface area (Å²) in [6.07, 6.45) is 3.34. The maximum absolute atomic E-state index is 13.4. The average Bonchev–Trinajstić information content (AvgIpc) is 2.89. The van der Waals surface area contributed by atoms with Crippen LogP contribution in [0.5, 0.6) is 0 Å². The molecule has 2 unspecified atom stereocenters. The summed E-state index contributed by atoms with van der Waals surface area (Å²) in [6.45, 7) is 0. The van der Waals surface area contributed by atoms with E-state index in [0.29, 0.717) is 5.56 Å². The van der Waals surface area contributed by atoms with Gasteiger partial charge in [-0.2, -0.15) is 0 Å². The van der Waals surface area contributed by atoms with Gasteiger partial charge in [0, 0.05) is 18.4 Å². The number of benzene rings is 1. The number of fused-ring (bicyclic) bond motifs is 1. The van der Waals surface area contributed by atoms with Crippen LogP contribution in [0.2, 0.25) is 0 Å². The van der Waals surface area contributed by atoms with Crippen molar-refractivity contribution in [3.05, 3.63) is 35.4 Å². The largest absolute Gasteiger partial charge is 0.299 e. The third-order valence-electron chi connectivity index (χ3n) is 4.08. The minimum absolute atomic E-state index is 0.107. The van der Waals surface area contributed by atoms with E-state index < -0.39 is 11.6 Å². The molecule has 1 aromatic rings. The summed E-state index contributed by atoms with van der Waals surface area (Å²) in [6, 6.07) is 3.42. The molecular formula is C14H14F2O. The zero-order valence-corrected chi connectivity index (χ0v) is 9.46. The molecule has 3 heteroatoms. The summed E-state index contributed by atoms with van der Waals surface area (Å²) < 4.78 is 26.1. The average molecular weight is 236 g/mol. The van der Waals surface area contributed by atoms with Crippen LogP contribution in [0.4, 0.5) is 8.78 Å². The second-order valence-electron chi connectivity index (χ2n) is 5.30. The zero-order valence-electron chi connectivity index (χ0n) is 9.46. The molecule has 0 saturated heterocycles. The van der Waals surface area contributed by atoms with Gasteiger partial charge >= 0.3 is 0 Å². The van der Waals surface area contributed by atoms with Gasteiger partial charge in [0.25, 0.3) is 0 Å². The van der Waals surface area contributed by atoms with Gasteiger partial charge in [-0.1, -0.05) is 6.07 Å². The maximum Gasteiger partial charge on any atom is 0.140 e. The smallest absolute Gasteiger partial charge is 0.140 e. The Morgan fingerprint density at radius 1 is 1.18 bits per heavy atom. The van der Waals surface area contributed by atoms with E-state index in [1.807, 2.05) is 0 Å². The van der Waals surface area contributed by atoms with Crippen molar-refractivity contribution >= 4 is 5.78 Å². The Kier molecular flexibility index (Phi) is 2.49. The predicted octanol–water partition coefficient (Wildman–Crippen LogP) is 3.12. The predicted molar refractivity (Wildman–Crippen MR) is 59.4 cm³/mol. The fourth-order valence-corrected chi connectivity index (χ4v) is 2.97. The molecule has 1 nitrogen and oxygen atoms in total. The molecule has 0 heterocycles. The van der Waals surface area contributed by atoms with E-state index in [1.54, 1.807) is 0 Å². The highest BCUT2D eigenvalue weighted by Gasteiger charge is 2.47. The van der Waals surface area contributed by atoms with E-state index in [2.05, 4.69) is 0 Å². The summed E-state index contributed by atoms with van der Waals surface area (Å²) in [4.78, 5) is 12.0. The van der Waals surface area contributed by atoms with Crippen LogP contribution in [0, 0.1) is 29.4 Å². The SMILES string of the molecule is O=C(Cc1ccc(F)cc1F)C1CC2CC2C1. The molecule has 2 fully saturated rings. The van der Waals surface area contributed by atoms with Crippen LogP contribution in [-0.4, -0.2) is 5.78 Å². The van der Waals surface area contributed by atoms with Crippen molar-refractivity contribution < 1.29 is 13.6 Å². The van der Waals surface area contributed by atoms with Gasteiger partial charge in [-0.05, 0) is 42.7 Å². The topological polar surface area (TPSA) is 17.1 Å². The number of halogens is 2. The van der Waals surface area contributed by atoms with Crippen LogP contribution < -0.4 is 0 Å². The second-order valence-corrected chi connectivity index (χ2v) is 5.30. The van der Waals surface area contributed by atoms with Crippen molar-refractivity contribution in [1.29, 1.82) is 0 Å². The Hall–Kier alpha value is -1.25. The number of ketones is 1. The van der Waals surface area contributed by atoms with Crippen LogP contribution in [-0.2, 0) is 11.2 Å². The normalized spacial score (nSPS) is 30.1. The quantitative estimate of drug-likeness (QED) is 0.788. The van der Waals surface area contributed by atoms with E-state index in [0.717, 1.165) is 30.7 Å². The first-order valence-corrected chi connectivity index (χ1v) is 6.10. The van der Waals surface area contributed by atoms with Gasteiger partial charge in [-0.3, -0.25) is 4.79 Å². The number of hydrogen-bond acceptors (Lipinski definition) is 1. The molecule has 0 bridgehead atoms. The minimum atomic E-state index is -0.610. The summed E-state index contributed by atoms with van der Waals surface area (Å²) in [5, 5.41) is 0. The molecule has 1 aromatic carbocycles. The van der Waals surface area contributed by atoms with Gasteiger partial charge in [-0.15, -0.1) is 0 Å². The molecule has 0 aliphatic heterocycles. The molecule has 3 rings (SSSR count). The van der Waals surface area contributed by atoms with Crippen LogP contribution in [0.15, 0.2) is 18.2 Å².